The van der Waals surface area contributed by atoms with Gasteiger partial charge in [-0.1, -0.05) is 60.7 Å². The normalized spacial score (nSPS) is 18.4. The molecule has 1 saturated heterocycles. The van der Waals surface area contributed by atoms with Crippen molar-refractivity contribution < 1.29 is 9.59 Å². The molecule has 30 heavy (non-hydrogen) atoms. The molecule has 1 fully saturated rings. The highest BCUT2D eigenvalue weighted by molar-refractivity contribution is 5.78. The van der Waals surface area contributed by atoms with Crippen LogP contribution in [0.3, 0.4) is 0 Å². The lowest BCUT2D eigenvalue weighted by molar-refractivity contribution is -0.130. The van der Waals surface area contributed by atoms with Crippen LogP contribution in [0.15, 0.2) is 60.7 Å². The fraction of sp³-hybridized carbons (Fsp3) is 0.304. The summed E-state index contributed by atoms with van der Waals surface area (Å²) in [5, 5.41) is 10.3. The van der Waals surface area contributed by atoms with E-state index in [1.807, 2.05) is 65.6 Å². The van der Waals surface area contributed by atoms with Crippen molar-refractivity contribution in [2.24, 2.45) is 0 Å². The van der Waals surface area contributed by atoms with Crippen LogP contribution < -0.4 is 5.32 Å². The van der Waals surface area contributed by atoms with Gasteiger partial charge >= 0.3 is 0 Å². The number of rotatable bonds is 6. The molecular formula is C23H25N5O2. The Morgan fingerprint density at radius 3 is 2.47 bits per heavy atom. The standard InChI is InChI=1S/C23H25N5O2/c1-16(29)24-20-15-28(21(30)13-12-17-8-4-2-5-9-17)14-19(20)23-25-22(26-27-23)18-10-6-3-7-11-18/h2-11,19-20H,12-15H2,1H3,(H,24,29)(H,25,26,27)/t19-,20-/m1/s1. The van der Waals surface area contributed by atoms with E-state index in [0.29, 0.717) is 37.6 Å². The Morgan fingerprint density at radius 1 is 1.07 bits per heavy atom. The van der Waals surface area contributed by atoms with Crippen LogP contribution in [0.4, 0.5) is 0 Å². The van der Waals surface area contributed by atoms with Gasteiger partial charge in [0.15, 0.2) is 5.82 Å². The molecule has 154 valence electrons. The van der Waals surface area contributed by atoms with Crippen molar-refractivity contribution in [2.75, 3.05) is 13.1 Å². The number of H-pyrrole nitrogens is 1. The minimum Gasteiger partial charge on any atom is -0.351 e. The van der Waals surface area contributed by atoms with Gasteiger partial charge in [-0.3, -0.25) is 14.7 Å². The molecule has 0 bridgehead atoms. The molecule has 2 N–H and O–H groups in total. The first-order valence-electron chi connectivity index (χ1n) is 10.2. The number of aromatic amines is 1. The predicted molar refractivity (Wildman–Crippen MR) is 114 cm³/mol. The molecule has 2 atom stereocenters. The van der Waals surface area contributed by atoms with E-state index >= 15 is 0 Å². The number of nitrogens with one attached hydrogen (secondary N) is 2. The van der Waals surface area contributed by atoms with Crippen LogP contribution in [0, 0.1) is 0 Å². The van der Waals surface area contributed by atoms with Gasteiger partial charge in [-0.25, -0.2) is 4.98 Å². The molecule has 1 aliphatic heterocycles. The van der Waals surface area contributed by atoms with Crippen molar-refractivity contribution in [1.29, 1.82) is 0 Å². The van der Waals surface area contributed by atoms with Crippen LogP contribution in [-0.2, 0) is 16.0 Å². The smallest absolute Gasteiger partial charge is 0.222 e. The Morgan fingerprint density at radius 2 is 1.77 bits per heavy atom. The summed E-state index contributed by atoms with van der Waals surface area (Å²) < 4.78 is 0. The van der Waals surface area contributed by atoms with Crippen LogP contribution in [0.1, 0.15) is 30.7 Å². The number of likely N-dealkylation sites (tertiary alicyclic amines) is 1. The molecule has 2 aromatic carbocycles. The lowest BCUT2D eigenvalue weighted by atomic mass is 10.0. The van der Waals surface area contributed by atoms with E-state index in [9.17, 15) is 9.59 Å². The Balaban J connectivity index is 1.47. The molecule has 2 amide bonds. The maximum absolute atomic E-state index is 12.8. The maximum atomic E-state index is 12.8. The summed E-state index contributed by atoms with van der Waals surface area (Å²) in [5.41, 5.74) is 2.06. The van der Waals surface area contributed by atoms with E-state index in [0.717, 1.165) is 11.1 Å². The zero-order valence-corrected chi connectivity index (χ0v) is 16.9. The number of aromatic nitrogens is 3. The average molecular weight is 403 g/mol. The molecule has 2 heterocycles. The molecule has 7 heteroatoms. The van der Waals surface area contributed by atoms with Crippen LogP contribution >= 0.6 is 0 Å². The first-order valence-corrected chi connectivity index (χ1v) is 10.2. The van der Waals surface area contributed by atoms with Gasteiger partial charge in [0.05, 0.1) is 12.0 Å². The Labute approximate surface area is 175 Å². The second kappa shape index (κ2) is 8.90. The van der Waals surface area contributed by atoms with Gasteiger partial charge in [0, 0.05) is 32.0 Å². The summed E-state index contributed by atoms with van der Waals surface area (Å²) in [4.78, 5) is 31.0. The zero-order valence-electron chi connectivity index (χ0n) is 16.9. The number of nitrogens with zero attached hydrogens (tertiary/aromatic N) is 3. The highest BCUT2D eigenvalue weighted by Crippen LogP contribution is 2.27. The summed E-state index contributed by atoms with van der Waals surface area (Å²) in [6.45, 7) is 2.47. The quantitative estimate of drug-likeness (QED) is 0.662. The topological polar surface area (TPSA) is 91.0 Å². The lowest BCUT2D eigenvalue weighted by Gasteiger charge is -2.17. The number of aryl methyl sites for hydroxylation is 1. The van der Waals surface area contributed by atoms with Gasteiger partial charge in [0.1, 0.15) is 5.82 Å². The van der Waals surface area contributed by atoms with Crippen LogP contribution in [0.25, 0.3) is 11.4 Å². The van der Waals surface area contributed by atoms with E-state index in [-0.39, 0.29) is 23.8 Å². The van der Waals surface area contributed by atoms with Crippen molar-refractivity contribution in [3.8, 4) is 11.4 Å². The molecular weight excluding hydrogens is 378 g/mol. The summed E-state index contributed by atoms with van der Waals surface area (Å²) in [5.74, 6) is 1.14. The number of hydrogen-bond donors (Lipinski definition) is 2. The number of carbonyl (C=O) groups excluding carboxylic acids is 2. The minimum atomic E-state index is -0.195. The highest BCUT2D eigenvalue weighted by atomic mass is 16.2. The molecule has 0 aliphatic carbocycles. The predicted octanol–water partition coefficient (Wildman–Crippen LogP) is 2.53. The third-order valence-corrected chi connectivity index (χ3v) is 5.42. The molecule has 0 radical (unpaired) electrons. The van der Waals surface area contributed by atoms with E-state index in [1.165, 1.54) is 6.92 Å². The van der Waals surface area contributed by atoms with Gasteiger partial charge in [0.25, 0.3) is 0 Å². The summed E-state index contributed by atoms with van der Waals surface area (Å²) in [7, 11) is 0. The number of hydrogen-bond acceptors (Lipinski definition) is 4. The molecule has 1 aliphatic rings. The van der Waals surface area contributed by atoms with Crippen LogP contribution in [0.2, 0.25) is 0 Å². The van der Waals surface area contributed by atoms with Gasteiger partial charge in [-0.05, 0) is 12.0 Å². The lowest BCUT2D eigenvalue weighted by Crippen LogP contribution is -2.39. The average Bonchev–Trinajstić information content (AvgIpc) is 3.40. The Kier molecular flexibility index (Phi) is 5.88. The van der Waals surface area contributed by atoms with Crippen LogP contribution in [0.5, 0.6) is 0 Å². The van der Waals surface area contributed by atoms with Crippen molar-refractivity contribution in [2.45, 2.75) is 31.7 Å². The van der Waals surface area contributed by atoms with E-state index < -0.39 is 0 Å². The second-order valence-corrected chi connectivity index (χ2v) is 7.61. The number of amides is 2. The summed E-state index contributed by atoms with van der Waals surface area (Å²) in [6.07, 6.45) is 1.14. The first kappa shape index (κ1) is 19.8. The van der Waals surface area contributed by atoms with Gasteiger partial charge < -0.3 is 10.2 Å². The van der Waals surface area contributed by atoms with Crippen molar-refractivity contribution in [3.05, 3.63) is 72.1 Å². The zero-order chi connectivity index (χ0) is 20.9. The molecule has 4 rings (SSSR count). The summed E-state index contributed by atoms with van der Waals surface area (Å²) >= 11 is 0. The molecule has 7 nitrogen and oxygen atoms in total. The molecule has 0 unspecified atom stereocenters. The SMILES string of the molecule is CC(=O)N[C@@H]1CN(C(=O)CCc2ccccc2)C[C@H]1c1nc(-c2ccccc2)n[nH]1. The monoisotopic (exact) mass is 403 g/mol. The molecule has 3 aromatic rings. The fourth-order valence-electron chi connectivity index (χ4n) is 3.90. The third-order valence-electron chi connectivity index (χ3n) is 5.42. The molecule has 0 saturated carbocycles. The number of benzene rings is 2. The van der Waals surface area contributed by atoms with Gasteiger partial charge in [-0.15, -0.1) is 0 Å². The first-order chi connectivity index (χ1) is 14.6. The van der Waals surface area contributed by atoms with E-state index in [4.69, 9.17) is 0 Å². The fourth-order valence-corrected chi connectivity index (χ4v) is 3.90. The van der Waals surface area contributed by atoms with Gasteiger partial charge in [0.2, 0.25) is 11.8 Å². The maximum Gasteiger partial charge on any atom is 0.222 e. The third kappa shape index (κ3) is 4.56. The van der Waals surface area contributed by atoms with Gasteiger partial charge in [-0.2, -0.15) is 5.10 Å². The summed E-state index contributed by atoms with van der Waals surface area (Å²) in [6, 6.07) is 19.5. The number of carbonyl (C=O) groups is 2. The van der Waals surface area contributed by atoms with Crippen LogP contribution in [-0.4, -0.2) is 51.0 Å². The van der Waals surface area contributed by atoms with E-state index in [1.54, 1.807) is 0 Å². The molecule has 1 aromatic heterocycles. The van der Waals surface area contributed by atoms with Crippen molar-refractivity contribution >= 4 is 11.8 Å². The second-order valence-electron chi connectivity index (χ2n) is 7.61. The largest absolute Gasteiger partial charge is 0.351 e. The van der Waals surface area contributed by atoms with Crippen molar-refractivity contribution in [1.82, 2.24) is 25.4 Å². The highest BCUT2D eigenvalue weighted by Gasteiger charge is 2.38. The molecule has 0 spiro atoms. The van der Waals surface area contributed by atoms with E-state index in [2.05, 4.69) is 20.5 Å². The Bertz CT molecular complexity index is 1000. The minimum absolute atomic E-state index is 0.0829. The van der Waals surface area contributed by atoms with Crippen molar-refractivity contribution in [3.63, 3.8) is 0 Å². The Hall–Kier alpha value is -3.48.